The van der Waals surface area contributed by atoms with Crippen molar-refractivity contribution in [2.75, 3.05) is 11.1 Å². The third kappa shape index (κ3) is 4.13. The highest BCUT2D eigenvalue weighted by molar-refractivity contribution is 7.23. The van der Waals surface area contributed by atoms with E-state index in [1.807, 2.05) is 12.1 Å². The minimum atomic E-state index is -0.647. The molecule has 0 fully saturated rings. The highest BCUT2D eigenvalue weighted by Gasteiger charge is 2.17. The molecule has 0 radical (unpaired) electrons. The lowest BCUT2D eigenvalue weighted by Crippen LogP contribution is -1.92. The summed E-state index contributed by atoms with van der Waals surface area (Å²) in [6.45, 7) is 4.30. The van der Waals surface area contributed by atoms with Crippen molar-refractivity contribution in [3.63, 3.8) is 0 Å². The largest absolute Gasteiger partial charge is 0.382 e. The number of nitrogens with zero attached hydrogens (tertiary/aromatic N) is 2. The first-order chi connectivity index (χ1) is 13.9. The van der Waals surface area contributed by atoms with Crippen molar-refractivity contribution in [1.29, 1.82) is 0 Å². The van der Waals surface area contributed by atoms with Crippen LogP contribution in [0.3, 0.4) is 0 Å². The van der Waals surface area contributed by atoms with Gasteiger partial charge in [-0.1, -0.05) is 37.3 Å². The molecule has 3 N–H and O–H groups in total. The monoisotopic (exact) mass is 428 g/mol. The van der Waals surface area contributed by atoms with Gasteiger partial charge in [0.25, 0.3) is 0 Å². The van der Waals surface area contributed by atoms with Gasteiger partial charge in [0.2, 0.25) is 0 Å². The van der Waals surface area contributed by atoms with E-state index in [4.69, 9.17) is 5.73 Å². The Morgan fingerprint density at radius 1 is 1.03 bits per heavy atom. The van der Waals surface area contributed by atoms with Gasteiger partial charge in [-0.15, -0.1) is 11.3 Å². The van der Waals surface area contributed by atoms with E-state index in [-0.39, 0.29) is 5.56 Å². The molecule has 4 nitrogen and oxygen atoms in total. The van der Waals surface area contributed by atoms with Gasteiger partial charge >= 0.3 is 0 Å². The summed E-state index contributed by atoms with van der Waals surface area (Å²) in [5.74, 6) is -0.440. The molecular weight excluding hydrogens is 410 g/mol. The van der Waals surface area contributed by atoms with E-state index < -0.39 is 11.6 Å². The number of benzene rings is 2. The number of rotatable bonds is 5. The molecule has 0 unspecified atom stereocenters. The molecular formula is C21H18F2N4S2. The van der Waals surface area contributed by atoms with Crippen LogP contribution < -0.4 is 11.1 Å². The summed E-state index contributed by atoms with van der Waals surface area (Å²) in [5, 5.41) is 6.28. The molecule has 8 heteroatoms. The Hall–Kier alpha value is -2.84. The van der Waals surface area contributed by atoms with Gasteiger partial charge in [-0.2, -0.15) is 0 Å². The Morgan fingerprint density at radius 3 is 2.48 bits per heavy atom. The molecule has 0 aliphatic rings. The number of nitrogens with two attached hydrogens (primary N) is 1. The quantitative estimate of drug-likeness (QED) is 0.373. The molecule has 2 aromatic carbocycles. The highest BCUT2D eigenvalue weighted by Crippen LogP contribution is 2.39. The first-order valence-electron chi connectivity index (χ1n) is 8.95. The van der Waals surface area contributed by atoms with Crippen LogP contribution in [0.4, 0.5) is 25.4 Å². The molecule has 0 aliphatic heterocycles. The number of nitrogen functional groups attached to an aromatic ring is 1. The first kappa shape index (κ1) is 19.5. The Kier molecular flexibility index (Phi) is 5.29. The Balaban J connectivity index is 1.57. The van der Waals surface area contributed by atoms with E-state index in [1.54, 1.807) is 5.38 Å². The smallest absolute Gasteiger partial charge is 0.189 e. The van der Waals surface area contributed by atoms with Crippen LogP contribution in [0, 0.1) is 11.6 Å². The molecule has 4 rings (SSSR count). The van der Waals surface area contributed by atoms with Gasteiger partial charge in [-0.05, 0) is 35.7 Å². The normalized spacial score (nSPS) is 11.2. The van der Waals surface area contributed by atoms with Crippen molar-refractivity contribution < 1.29 is 8.78 Å². The van der Waals surface area contributed by atoms with Crippen LogP contribution in [0.25, 0.3) is 21.1 Å². The molecule has 0 saturated carbocycles. The van der Waals surface area contributed by atoms with Crippen molar-refractivity contribution >= 4 is 39.3 Å². The van der Waals surface area contributed by atoms with Crippen LogP contribution in [-0.2, 0) is 0 Å². The molecule has 0 atom stereocenters. The van der Waals surface area contributed by atoms with Gasteiger partial charge in [-0.25, -0.2) is 18.7 Å². The number of nitrogens with one attached hydrogen (secondary N) is 1. The molecule has 0 spiro atoms. The summed E-state index contributed by atoms with van der Waals surface area (Å²) in [5.41, 5.74) is 8.96. The number of halogens is 2. The summed E-state index contributed by atoms with van der Waals surface area (Å²) in [7, 11) is 0. The molecule has 0 saturated heterocycles. The van der Waals surface area contributed by atoms with Gasteiger partial charge in [0.1, 0.15) is 27.3 Å². The molecule has 2 aromatic heterocycles. The summed E-state index contributed by atoms with van der Waals surface area (Å²) < 4.78 is 27.2. The molecule has 29 heavy (non-hydrogen) atoms. The van der Waals surface area contributed by atoms with Crippen LogP contribution in [0.15, 0.2) is 47.8 Å². The summed E-state index contributed by atoms with van der Waals surface area (Å²) >= 11 is 2.72. The maximum Gasteiger partial charge on any atom is 0.189 e. The van der Waals surface area contributed by atoms with Crippen molar-refractivity contribution in [2.24, 2.45) is 0 Å². The van der Waals surface area contributed by atoms with Gasteiger partial charge in [0, 0.05) is 22.7 Å². The molecule has 0 bridgehead atoms. The second-order valence-corrected chi connectivity index (χ2v) is 8.65. The van der Waals surface area contributed by atoms with Gasteiger partial charge in [-0.3, -0.25) is 0 Å². The fourth-order valence-electron chi connectivity index (χ4n) is 2.81. The Labute approximate surface area is 175 Å². The molecule has 4 aromatic rings. The SMILES string of the molecule is CC(C)c1ccc(Nc2nc(N)c(-c3nc(-c4ccc(F)cc4F)cs3)s2)cc1. The molecule has 2 heterocycles. The Bertz CT molecular complexity index is 1150. The lowest BCUT2D eigenvalue weighted by Gasteiger charge is -2.07. The molecule has 0 amide bonds. The number of aromatic nitrogens is 2. The fourth-order valence-corrected chi connectivity index (χ4v) is 4.64. The van der Waals surface area contributed by atoms with E-state index in [2.05, 4.69) is 41.3 Å². The maximum atomic E-state index is 14.0. The third-order valence-corrected chi connectivity index (χ3v) is 6.37. The van der Waals surface area contributed by atoms with Crippen LogP contribution in [0.5, 0.6) is 0 Å². The average molecular weight is 429 g/mol. The number of hydrogen-bond donors (Lipinski definition) is 2. The van der Waals surface area contributed by atoms with Crippen molar-refractivity contribution in [3.8, 4) is 21.1 Å². The minimum Gasteiger partial charge on any atom is -0.382 e. The van der Waals surface area contributed by atoms with Crippen molar-refractivity contribution in [1.82, 2.24) is 9.97 Å². The van der Waals surface area contributed by atoms with Crippen LogP contribution >= 0.6 is 22.7 Å². The fraction of sp³-hybridized carbons (Fsp3) is 0.143. The van der Waals surface area contributed by atoms with E-state index in [0.717, 1.165) is 11.8 Å². The summed E-state index contributed by atoms with van der Waals surface area (Å²) in [4.78, 5) is 9.56. The maximum absolute atomic E-state index is 14.0. The van der Waals surface area contributed by atoms with Crippen molar-refractivity contribution in [3.05, 3.63) is 65.0 Å². The van der Waals surface area contributed by atoms with Gasteiger partial charge < -0.3 is 11.1 Å². The highest BCUT2D eigenvalue weighted by atomic mass is 32.1. The second kappa shape index (κ2) is 7.88. The lowest BCUT2D eigenvalue weighted by molar-refractivity contribution is 0.585. The average Bonchev–Trinajstić information content (AvgIpc) is 3.29. The zero-order valence-electron chi connectivity index (χ0n) is 15.7. The second-order valence-electron chi connectivity index (χ2n) is 6.80. The summed E-state index contributed by atoms with van der Waals surface area (Å²) in [6.07, 6.45) is 0. The predicted octanol–water partition coefficient (Wildman–Crippen LogP) is 6.66. The number of thiazole rings is 2. The standard InChI is InChI=1S/C21H18F2N4S2/c1-11(2)12-3-6-14(7-4-12)25-21-27-19(24)18(29-21)20-26-17(10-28-20)15-8-5-13(22)9-16(15)23/h3-11H,24H2,1-2H3,(H,25,27). The van der Waals surface area contributed by atoms with E-state index in [1.165, 1.54) is 40.4 Å². The van der Waals surface area contributed by atoms with Crippen LogP contribution in [0.2, 0.25) is 0 Å². The number of anilines is 3. The van der Waals surface area contributed by atoms with Crippen LogP contribution in [-0.4, -0.2) is 9.97 Å². The summed E-state index contributed by atoms with van der Waals surface area (Å²) in [6, 6.07) is 11.6. The molecule has 0 aliphatic carbocycles. The topological polar surface area (TPSA) is 63.8 Å². The molecule has 148 valence electrons. The van der Waals surface area contributed by atoms with Crippen LogP contribution in [0.1, 0.15) is 25.3 Å². The first-order valence-corrected chi connectivity index (χ1v) is 10.6. The van der Waals surface area contributed by atoms with E-state index in [9.17, 15) is 8.78 Å². The van der Waals surface area contributed by atoms with Gasteiger partial charge in [0.15, 0.2) is 5.13 Å². The van der Waals surface area contributed by atoms with E-state index in [0.29, 0.717) is 32.4 Å². The number of hydrogen-bond acceptors (Lipinski definition) is 6. The predicted molar refractivity (Wildman–Crippen MR) is 117 cm³/mol. The van der Waals surface area contributed by atoms with Crippen molar-refractivity contribution in [2.45, 2.75) is 19.8 Å². The zero-order valence-corrected chi connectivity index (χ0v) is 17.4. The van der Waals surface area contributed by atoms with E-state index >= 15 is 0 Å². The van der Waals surface area contributed by atoms with Gasteiger partial charge in [0.05, 0.1) is 5.69 Å². The third-order valence-electron chi connectivity index (χ3n) is 4.39. The zero-order chi connectivity index (χ0) is 20.5. The lowest BCUT2D eigenvalue weighted by atomic mass is 10.0. The Morgan fingerprint density at radius 2 is 1.79 bits per heavy atom. The minimum absolute atomic E-state index is 0.251.